The predicted octanol–water partition coefficient (Wildman–Crippen LogP) is 4.20. The fourth-order valence-corrected chi connectivity index (χ4v) is 4.89. The molecule has 0 spiro atoms. The van der Waals surface area contributed by atoms with Crippen LogP contribution >= 0.6 is 0 Å². The minimum Gasteiger partial charge on any atom is -0.439 e. The quantitative estimate of drug-likeness (QED) is 0.387. The van der Waals surface area contributed by atoms with Crippen molar-refractivity contribution in [3.8, 4) is 11.1 Å². The molecule has 0 saturated heterocycles. The third-order valence-electron chi connectivity index (χ3n) is 5.98. The zero-order chi connectivity index (χ0) is 26.8. The average molecular weight is 539 g/mol. The van der Waals surface area contributed by atoms with E-state index in [1.807, 2.05) is 0 Å². The van der Waals surface area contributed by atoms with Gasteiger partial charge in [-0.25, -0.2) is 18.2 Å². The summed E-state index contributed by atoms with van der Waals surface area (Å²) < 4.78 is 68.9. The summed E-state index contributed by atoms with van der Waals surface area (Å²) in [5.41, 5.74) is 1.84. The lowest BCUT2D eigenvalue weighted by molar-refractivity contribution is -0.206. The fourth-order valence-electron chi connectivity index (χ4n) is 4.33. The number of amides is 1. The van der Waals surface area contributed by atoms with Crippen molar-refractivity contribution in [2.24, 2.45) is 0 Å². The van der Waals surface area contributed by atoms with Gasteiger partial charge in [0.2, 0.25) is 16.1 Å². The summed E-state index contributed by atoms with van der Waals surface area (Å²) in [4.78, 5) is 31.7. The van der Waals surface area contributed by atoms with Gasteiger partial charge in [-0.15, -0.1) is 0 Å². The van der Waals surface area contributed by atoms with Crippen LogP contribution < -0.4 is 10.0 Å². The summed E-state index contributed by atoms with van der Waals surface area (Å²) in [7, 11) is -3.46. The van der Waals surface area contributed by atoms with Crippen LogP contribution in [0.15, 0.2) is 42.6 Å². The van der Waals surface area contributed by atoms with Crippen LogP contribution in [0.2, 0.25) is 0 Å². The van der Waals surface area contributed by atoms with Gasteiger partial charge in [0, 0.05) is 23.3 Å². The lowest BCUT2D eigenvalue weighted by Gasteiger charge is -2.25. The van der Waals surface area contributed by atoms with Crippen molar-refractivity contribution in [3.05, 3.63) is 48.3 Å². The van der Waals surface area contributed by atoms with E-state index in [2.05, 4.69) is 24.7 Å². The number of H-pyrrole nitrogens is 1. The molecule has 198 valence electrons. The summed E-state index contributed by atoms with van der Waals surface area (Å²) in [5.74, 6) is -3.33. The van der Waals surface area contributed by atoms with E-state index in [1.54, 1.807) is 30.3 Å². The van der Waals surface area contributed by atoms with Crippen LogP contribution in [0.25, 0.3) is 22.2 Å². The topological polar surface area (TPSA) is 130 Å². The third kappa shape index (κ3) is 6.59. The monoisotopic (exact) mass is 538 g/mol. The van der Waals surface area contributed by atoms with Gasteiger partial charge in [-0.3, -0.25) is 9.52 Å². The Hall–Kier alpha value is -3.61. The predicted molar refractivity (Wildman–Crippen MR) is 130 cm³/mol. The number of rotatable bonds is 7. The molecule has 1 aliphatic carbocycles. The Bertz CT molecular complexity index is 1400. The van der Waals surface area contributed by atoms with Crippen molar-refractivity contribution in [2.45, 2.75) is 50.4 Å². The number of hydrogen-bond acceptors (Lipinski definition) is 6. The zero-order valence-electron chi connectivity index (χ0n) is 19.8. The molecule has 1 saturated carbocycles. The van der Waals surface area contributed by atoms with Gasteiger partial charge in [-0.05, 0) is 48.2 Å². The highest BCUT2D eigenvalue weighted by Gasteiger charge is 2.44. The Morgan fingerprint density at radius 3 is 2.41 bits per heavy atom. The Morgan fingerprint density at radius 1 is 1.11 bits per heavy atom. The molecule has 1 aliphatic rings. The molecule has 3 aromatic rings. The second-order valence-corrected chi connectivity index (χ2v) is 10.7. The number of nitrogens with one attached hydrogen (secondary N) is 3. The molecule has 4 rings (SSSR count). The smallest absolute Gasteiger partial charge is 0.439 e. The van der Waals surface area contributed by atoms with Gasteiger partial charge in [0.1, 0.15) is 5.65 Å². The zero-order valence-corrected chi connectivity index (χ0v) is 20.6. The van der Waals surface area contributed by atoms with Crippen molar-refractivity contribution in [3.63, 3.8) is 0 Å². The first kappa shape index (κ1) is 26.5. The number of nitrogens with zero attached hydrogens (tertiary/aromatic N) is 1. The molecule has 3 N–H and O–H groups in total. The van der Waals surface area contributed by atoms with E-state index in [4.69, 9.17) is 0 Å². The molecule has 9 nitrogen and oxygen atoms in total. The Balaban J connectivity index is 1.67. The largest absolute Gasteiger partial charge is 0.490 e. The van der Waals surface area contributed by atoms with E-state index in [9.17, 15) is 31.2 Å². The minimum absolute atomic E-state index is 0.0591. The summed E-state index contributed by atoms with van der Waals surface area (Å²) in [6, 6.07) is 9.30. The normalized spacial score (nSPS) is 15.8. The molecule has 1 fully saturated rings. The second kappa shape index (κ2) is 10.4. The van der Waals surface area contributed by atoms with E-state index in [0.717, 1.165) is 25.5 Å². The highest BCUT2D eigenvalue weighted by Crippen LogP contribution is 2.32. The average Bonchev–Trinajstić information content (AvgIpc) is 3.26. The summed E-state index contributed by atoms with van der Waals surface area (Å²) in [6.07, 6.45) is -0.476. The van der Waals surface area contributed by atoms with Crippen molar-refractivity contribution >= 4 is 38.6 Å². The first-order valence-electron chi connectivity index (χ1n) is 11.5. The number of sulfonamides is 1. The Labute approximate surface area is 210 Å². The number of carbonyl (C=O) groups excluding carboxylic acids is 2. The van der Waals surface area contributed by atoms with E-state index >= 15 is 0 Å². The maximum absolute atomic E-state index is 13.0. The molecule has 1 aromatic carbocycles. The summed E-state index contributed by atoms with van der Waals surface area (Å²) >= 11 is 0. The number of benzene rings is 1. The summed E-state index contributed by atoms with van der Waals surface area (Å²) in [6.45, 7) is 0. The van der Waals surface area contributed by atoms with Gasteiger partial charge in [0.05, 0.1) is 11.9 Å². The van der Waals surface area contributed by atoms with Gasteiger partial charge in [-0.1, -0.05) is 31.4 Å². The van der Waals surface area contributed by atoms with Crippen LogP contribution in [-0.2, 0) is 24.3 Å². The Kier molecular flexibility index (Phi) is 7.44. The molecule has 2 aromatic heterocycles. The number of aromatic nitrogens is 2. The number of ether oxygens (including phenoxy) is 1. The number of fused-ring (bicyclic) bond motifs is 1. The van der Waals surface area contributed by atoms with Crippen molar-refractivity contribution in [1.82, 2.24) is 15.3 Å². The molecule has 1 unspecified atom stereocenters. The lowest BCUT2D eigenvalue weighted by atomic mass is 9.95. The van der Waals surface area contributed by atoms with Crippen LogP contribution in [0.5, 0.6) is 0 Å². The van der Waals surface area contributed by atoms with Crippen LogP contribution in [0.1, 0.15) is 43.9 Å². The molecule has 0 radical (unpaired) electrons. The van der Waals surface area contributed by atoms with Crippen LogP contribution in [0, 0.1) is 0 Å². The number of aromatic amines is 1. The lowest BCUT2D eigenvalue weighted by Crippen LogP contribution is -2.41. The number of alkyl halides is 3. The number of halogens is 3. The minimum atomic E-state index is -5.28. The van der Waals surface area contributed by atoms with E-state index in [-0.39, 0.29) is 17.4 Å². The van der Waals surface area contributed by atoms with E-state index in [0.29, 0.717) is 35.0 Å². The van der Waals surface area contributed by atoms with Gasteiger partial charge in [0.25, 0.3) is 5.91 Å². The second-order valence-electron chi connectivity index (χ2n) is 8.92. The van der Waals surface area contributed by atoms with E-state index < -0.39 is 34.2 Å². The molecule has 0 aliphatic heterocycles. The first-order valence-corrected chi connectivity index (χ1v) is 13.4. The van der Waals surface area contributed by atoms with Gasteiger partial charge in [0.15, 0.2) is 0 Å². The molecule has 2 heterocycles. The third-order valence-corrected chi connectivity index (χ3v) is 6.59. The van der Waals surface area contributed by atoms with Crippen molar-refractivity contribution < 1.29 is 35.9 Å². The molecule has 1 amide bonds. The first-order chi connectivity index (χ1) is 17.4. The van der Waals surface area contributed by atoms with Crippen LogP contribution in [0.3, 0.4) is 0 Å². The maximum atomic E-state index is 13.0. The van der Waals surface area contributed by atoms with Crippen molar-refractivity contribution in [2.75, 3.05) is 11.0 Å². The number of anilines is 1. The number of esters is 1. The number of hydrogen-bond donors (Lipinski definition) is 3. The van der Waals surface area contributed by atoms with E-state index in [1.165, 1.54) is 12.3 Å². The SMILES string of the molecule is CS(=O)(=O)Nc1ccc(-c2ccnc3[nH]c(C(OC(=O)C(F)(F)F)C(=O)NC4CCCCC4)cc23)cc1. The van der Waals surface area contributed by atoms with Crippen molar-refractivity contribution in [1.29, 1.82) is 0 Å². The fraction of sp³-hybridized carbons (Fsp3) is 0.375. The molecule has 0 bridgehead atoms. The van der Waals surface area contributed by atoms with Gasteiger partial charge >= 0.3 is 12.1 Å². The van der Waals surface area contributed by atoms with Crippen LogP contribution in [-0.4, -0.2) is 48.7 Å². The number of carbonyl (C=O) groups is 2. The molecule has 1 atom stereocenters. The van der Waals surface area contributed by atoms with Gasteiger partial charge < -0.3 is 15.0 Å². The number of pyridine rings is 1. The van der Waals surface area contributed by atoms with Gasteiger partial charge in [-0.2, -0.15) is 13.2 Å². The highest BCUT2D eigenvalue weighted by atomic mass is 32.2. The standard InChI is InChI=1S/C24H25F3N4O5S/c1-37(34,35)31-16-9-7-14(8-10-16)17-11-12-28-21-18(17)13-19(30-21)20(36-23(33)24(25,26)27)22(32)29-15-5-3-2-4-6-15/h7-13,15,20,31H,2-6H2,1H3,(H,28,30)(H,29,32). The molecular formula is C24H25F3N4O5S. The summed E-state index contributed by atoms with van der Waals surface area (Å²) in [5, 5.41) is 3.18. The molecule has 13 heteroatoms. The Morgan fingerprint density at radius 2 is 1.78 bits per heavy atom. The highest BCUT2D eigenvalue weighted by molar-refractivity contribution is 7.92. The maximum Gasteiger partial charge on any atom is 0.490 e. The van der Waals surface area contributed by atoms with Crippen LogP contribution in [0.4, 0.5) is 18.9 Å². The molecule has 37 heavy (non-hydrogen) atoms. The molecular weight excluding hydrogens is 513 g/mol.